The number of carbonyl (C=O) groups is 1. The Morgan fingerprint density at radius 2 is 1.93 bits per heavy atom. The minimum absolute atomic E-state index is 0.105. The van der Waals surface area contributed by atoms with Gasteiger partial charge in [0.15, 0.2) is 15.8 Å². The molecule has 0 aromatic heterocycles. The van der Waals surface area contributed by atoms with Crippen molar-refractivity contribution in [3.63, 3.8) is 0 Å². The highest BCUT2D eigenvalue weighted by Gasteiger charge is 2.33. The zero-order chi connectivity index (χ0) is 20.8. The van der Waals surface area contributed by atoms with Gasteiger partial charge in [-0.25, -0.2) is 0 Å². The van der Waals surface area contributed by atoms with Gasteiger partial charge < -0.3 is 9.47 Å². The maximum absolute atomic E-state index is 13.0. The molecule has 152 valence electrons. The molecule has 29 heavy (non-hydrogen) atoms. The summed E-state index contributed by atoms with van der Waals surface area (Å²) in [7, 11) is 0. The van der Waals surface area contributed by atoms with Crippen LogP contribution in [0.5, 0.6) is 11.5 Å². The first kappa shape index (κ1) is 21.4. The SMILES string of the molecule is CCCCOc1ccc(/C=C2/SC(=S)N(c3cccc(C)c3)C2=O)cc1OCC. The summed E-state index contributed by atoms with van der Waals surface area (Å²) in [6, 6.07) is 13.5. The van der Waals surface area contributed by atoms with Crippen molar-refractivity contribution in [2.24, 2.45) is 0 Å². The highest BCUT2D eigenvalue weighted by atomic mass is 32.2. The lowest BCUT2D eigenvalue weighted by atomic mass is 10.1. The highest BCUT2D eigenvalue weighted by molar-refractivity contribution is 8.27. The zero-order valence-electron chi connectivity index (χ0n) is 16.9. The van der Waals surface area contributed by atoms with Crippen LogP contribution in [0.1, 0.15) is 37.8 Å². The molecule has 0 atom stereocenters. The molecule has 0 N–H and O–H groups in total. The molecule has 4 nitrogen and oxygen atoms in total. The quantitative estimate of drug-likeness (QED) is 0.294. The largest absolute Gasteiger partial charge is 0.490 e. The Morgan fingerprint density at radius 1 is 1.10 bits per heavy atom. The standard InChI is InChI=1S/C23H25NO3S2/c1-4-6-12-27-19-11-10-17(14-20(19)26-5-2)15-21-22(25)24(23(28)29-21)18-9-7-8-16(3)13-18/h7-11,13-15H,4-6,12H2,1-3H3/b21-15+. The number of hydrogen-bond acceptors (Lipinski definition) is 5. The molecule has 1 aliphatic rings. The molecular weight excluding hydrogens is 402 g/mol. The summed E-state index contributed by atoms with van der Waals surface area (Å²) in [5.74, 6) is 1.31. The van der Waals surface area contributed by atoms with Crippen LogP contribution in [0.15, 0.2) is 47.4 Å². The summed E-state index contributed by atoms with van der Waals surface area (Å²) in [5, 5.41) is 0. The van der Waals surface area contributed by atoms with Crippen LogP contribution in [0.3, 0.4) is 0 Å². The molecular formula is C23H25NO3S2. The van der Waals surface area contributed by atoms with Gasteiger partial charge in [0, 0.05) is 0 Å². The first-order valence-corrected chi connectivity index (χ1v) is 11.0. The number of aryl methyl sites for hydroxylation is 1. The number of anilines is 1. The van der Waals surface area contributed by atoms with Crippen molar-refractivity contribution in [3.8, 4) is 11.5 Å². The van der Waals surface area contributed by atoms with Crippen molar-refractivity contribution in [2.75, 3.05) is 18.1 Å². The fourth-order valence-electron chi connectivity index (χ4n) is 2.94. The van der Waals surface area contributed by atoms with Crippen molar-refractivity contribution in [3.05, 3.63) is 58.5 Å². The van der Waals surface area contributed by atoms with Gasteiger partial charge in [0.25, 0.3) is 5.91 Å². The van der Waals surface area contributed by atoms with Gasteiger partial charge in [-0.05, 0) is 61.7 Å². The molecule has 2 aromatic carbocycles. The molecule has 0 radical (unpaired) electrons. The van der Waals surface area contributed by atoms with Crippen LogP contribution in [0.4, 0.5) is 5.69 Å². The molecule has 1 saturated heterocycles. The Kier molecular flexibility index (Phi) is 7.34. The van der Waals surface area contributed by atoms with Crippen molar-refractivity contribution in [1.82, 2.24) is 0 Å². The summed E-state index contributed by atoms with van der Waals surface area (Å²) in [5.41, 5.74) is 2.76. The lowest BCUT2D eigenvalue weighted by Gasteiger charge is -2.15. The smallest absolute Gasteiger partial charge is 0.270 e. The second-order valence-electron chi connectivity index (χ2n) is 6.70. The summed E-state index contributed by atoms with van der Waals surface area (Å²) in [4.78, 5) is 15.2. The second kappa shape index (κ2) is 9.94. The van der Waals surface area contributed by atoms with Gasteiger partial charge in [0.05, 0.1) is 23.8 Å². The van der Waals surface area contributed by atoms with Crippen molar-refractivity contribution in [1.29, 1.82) is 0 Å². The average molecular weight is 428 g/mol. The van der Waals surface area contributed by atoms with Gasteiger partial charge in [0.2, 0.25) is 0 Å². The third-order valence-electron chi connectivity index (χ3n) is 4.37. The van der Waals surface area contributed by atoms with E-state index in [1.807, 2.05) is 62.4 Å². The van der Waals surface area contributed by atoms with E-state index in [0.29, 0.717) is 28.2 Å². The van der Waals surface area contributed by atoms with E-state index in [1.165, 1.54) is 11.8 Å². The number of ether oxygens (including phenoxy) is 2. The second-order valence-corrected chi connectivity index (χ2v) is 8.37. The van der Waals surface area contributed by atoms with Gasteiger partial charge in [-0.2, -0.15) is 0 Å². The van der Waals surface area contributed by atoms with Crippen LogP contribution in [-0.4, -0.2) is 23.4 Å². The Hall–Kier alpha value is -2.31. The van der Waals surface area contributed by atoms with Gasteiger partial charge in [-0.3, -0.25) is 9.69 Å². The number of carbonyl (C=O) groups excluding carboxylic acids is 1. The van der Waals surface area contributed by atoms with Gasteiger partial charge in [0.1, 0.15) is 0 Å². The van der Waals surface area contributed by atoms with E-state index >= 15 is 0 Å². The lowest BCUT2D eigenvalue weighted by Crippen LogP contribution is -2.27. The number of hydrogen-bond donors (Lipinski definition) is 0. The summed E-state index contributed by atoms with van der Waals surface area (Å²) in [6.07, 6.45) is 3.92. The number of rotatable bonds is 8. The third-order valence-corrected chi connectivity index (χ3v) is 5.68. The Balaban J connectivity index is 1.84. The van der Waals surface area contributed by atoms with E-state index in [1.54, 1.807) is 4.90 Å². The van der Waals surface area contributed by atoms with E-state index in [-0.39, 0.29) is 5.91 Å². The minimum atomic E-state index is -0.105. The summed E-state index contributed by atoms with van der Waals surface area (Å²) in [6.45, 7) is 7.27. The van der Waals surface area contributed by atoms with E-state index in [2.05, 4.69) is 6.92 Å². The Morgan fingerprint density at radius 3 is 2.66 bits per heavy atom. The number of nitrogens with zero attached hydrogens (tertiary/aromatic N) is 1. The van der Waals surface area contributed by atoms with E-state index in [4.69, 9.17) is 21.7 Å². The first-order chi connectivity index (χ1) is 14.0. The predicted molar refractivity (Wildman–Crippen MR) is 125 cm³/mol. The third kappa shape index (κ3) is 5.19. The monoisotopic (exact) mass is 427 g/mol. The van der Waals surface area contributed by atoms with Crippen LogP contribution in [0.25, 0.3) is 6.08 Å². The molecule has 1 aliphatic heterocycles. The molecule has 1 amide bonds. The lowest BCUT2D eigenvalue weighted by molar-refractivity contribution is -0.113. The first-order valence-electron chi connectivity index (χ1n) is 9.77. The molecule has 0 bridgehead atoms. The van der Waals surface area contributed by atoms with Crippen LogP contribution in [-0.2, 0) is 4.79 Å². The molecule has 0 spiro atoms. The summed E-state index contributed by atoms with van der Waals surface area (Å²) >= 11 is 6.78. The zero-order valence-corrected chi connectivity index (χ0v) is 18.6. The molecule has 6 heteroatoms. The van der Waals surface area contributed by atoms with Crippen molar-refractivity contribution in [2.45, 2.75) is 33.6 Å². The van der Waals surface area contributed by atoms with Crippen molar-refractivity contribution >= 4 is 46.0 Å². The molecule has 1 heterocycles. The fourth-order valence-corrected chi connectivity index (χ4v) is 4.24. The van der Waals surface area contributed by atoms with Crippen LogP contribution in [0, 0.1) is 6.92 Å². The van der Waals surface area contributed by atoms with Gasteiger partial charge in [-0.15, -0.1) is 0 Å². The normalized spacial score (nSPS) is 15.3. The Bertz CT molecular complexity index is 939. The maximum atomic E-state index is 13.0. The molecule has 3 rings (SSSR count). The minimum Gasteiger partial charge on any atom is -0.490 e. The van der Waals surface area contributed by atoms with Crippen molar-refractivity contribution < 1.29 is 14.3 Å². The van der Waals surface area contributed by atoms with Crippen LogP contribution < -0.4 is 14.4 Å². The van der Waals surface area contributed by atoms with E-state index < -0.39 is 0 Å². The number of thiocarbonyl (C=S) groups is 1. The molecule has 0 aliphatic carbocycles. The molecule has 1 fully saturated rings. The maximum Gasteiger partial charge on any atom is 0.270 e. The molecule has 2 aromatic rings. The van der Waals surface area contributed by atoms with E-state index in [9.17, 15) is 4.79 Å². The summed E-state index contributed by atoms with van der Waals surface area (Å²) < 4.78 is 12.1. The number of benzene rings is 2. The topological polar surface area (TPSA) is 38.8 Å². The van der Waals surface area contributed by atoms with E-state index in [0.717, 1.165) is 35.4 Å². The number of unbranched alkanes of at least 4 members (excludes halogenated alkanes) is 1. The Labute approximate surface area is 181 Å². The fraction of sp³-hybridized carbons (Fsp3) is 0.304. The number of amides is 1. The molecule has 0 unspecified atom stereocenters. The van der Waals surface area contributed by atoms with Crippen LogP contribution >= 0.6 is 24.0 Å². The number of thioether (sulfide) groups is 1. The van der Waals surface area contributed by atoms with Gasteiger partial charge in [-0.1, -0.05) is 55.5 Å². The van der Waals surface area contributed by atoms with Crippen LogP contribution in [0.2, 0.25) is 0 Å². The predicted octanol–water partition coefficient (Wildman–Crippen LogP) is 5.98. The average Bonchev–Trinajstić information content (AvgIpc) is 2.97. The highest BCUT2D eigenvalue weighted by Crippen LogP contribution is 2.37. The molecule has 0 saturated carbocycles. The van der Waals surface area contributed by atoms with Gasteiger partial charge >= 0.3 is 0 Å².